The molecule has 0 bridgehead atoms. The van der Waals surface area contributed by atoms with Crippen LogP contribution in [-0.4, -0.2) is 16.9 Å². The molecule has 1 heterocycles. The lowest BCUT2D eigenvalue weighted by Gasteiger charge is -2.19. The molecule has 4 heteroatoms. The van der Waals surface area contributed by atoms with Gasteiger partial charge in [0, 0.05) is 31.0 Å². The molecule has 0 aliphatic carbocycles. The molecule has 0 N–H and O–H groups in total. The van der Waals surface area contributed by atoms with E-state index in [0.29, 0.717) is 5.56 Å². The number of pyridine rings is 1. The maximum atomic E-state index is 8.88. The highest BCUT2D eigenvalue weighted by molar-refractivity contribution is 5.40. The van der Waals surface area contributed by atoms with Crippen molar-refractivity contribution in [3.63, 3.8) is 0 Å². The molecule has 0 atom stereocenters. The van der Waals surface area contributed by atoms with Crippen molar-refractivity contribution in [3.8, 4) is 17.6 Å². The van der Waals surface area contributed by atoms with E-state index < -0.39 is 0 Å². The van der Waals surface area contributed by atoms with Gasteiger partial charge in [-0.05, 0) is 55.1 Å². The minimum Gasteiger partial charge on any atom is -0.457 e. The fourth-order valence-corrected chi connectivity index (χ4v) is 2.61. The van der Waals surface area contributed by atoms with Gasteiger partial charge < -0.3 is 4.74 Å². The van der Waals surface area contributed by atoms with Crippen molar-refractivity contribution in [2.24, 2.45) is 0 Å². The first-order valence-electron chi connectivity index (χ1n) is 8.08. The highest BCUT2D eigenvalue weighted by atomic mass is 16.5. The Kier molecular flexibility index (Phi) is 5.40. The Bertz CT molecular complexity index is 854. The Morgan fingerprint density at radius 3 is 2.40 bits per heavy atom. The second-order valence-corrected chi connectivity index (χ2v) is 5.87. The van der Waals surface area contributed by atoms with E-state index in [9.17, 15) is 0 Å². The maximum absolute atomic E-state index is 8.88. The van der Waals surface area contributed by atoms with Gasteiger partial charge in [-0.1, -0.05) is 18.2 Å². The zero-order chi connectivity index (χ0) is 17.5. The number of ether oxygens (including phenoxy) is 1. The highest BCUT2D eigenvalue weighted by Crippen LogP contribution is 2.26. The van der Waals surface area contributed by atoms with Crippen molar-refractivity contribution in [1.82, 2.24) is 9.88 Å². The standard InChI is InChI=1S/C21H19N3O/c1-24(15-18-10-12-23-13-11-18)16-19-4-2-3-5-21(19)25-20-8-6-17(14-22)7-9-20/h2-13H,15-16H2,1H3. The number of hydrogen-bond donors (Lipinski definition) is 0. The molecule has 25 heavy (non-hydrogen) atoms. The van der Waals surface area contributed by atoms with Crippen LogP contribution in [0, 0.1) is 11.3 Å². The second-order valence-electron chi connectivity index (χ2n) is 5.87. The largest absolute Gasteiger partial charge is 0.457 e. The first kappa shape index (κ1) is 16.7. The average Bonchev–Trinajstić information content (AvgIpc) is 2.65. The van der Waals surface area contributed by atoms with E-state index >= 15 is 0 Å². The zero-order valence-electron chi connectivity index (χ0n) is 14.1. The van der Waals surface area contributed by atoms with Gasteiger partial charge in [-0.2, -0.15) is 5.26 Å². The van der Waals surface area contributed by atoms with Crippen molar-refractivity contribution in [2.45, 2.75) is 13.1 Å². The van der Waals surface area contributed by atoms with Crippen LogP contribution in [0.5, 0.6) is 11.5 Å². The average molecular weight is 329 g/mol. The molecule has 0 saturated carbocycles. The van der Waals surface area contributed by atoms with Gasteiger partial charge >= 0.3 is 0 Å². The van der Waals surface area contributed by atoms with Crippen LogP contribution in [-0.2, 0) is 13.1 Å². The summed E-state index contributed by atoms with van der Waals surface area (Å²) >= 11 is 0. The van der Waals surface area contributed by atoms with Crippen molar-refractivity contribution in [3.05, 3.63) is 89.7 Å². The van der Waals surface area contributed by atoms with Crippen LogP contribution < -0.4 is 4.74 Å². The summed E-state index contributed by atoms with van der Waals surface area (Å²) in [7, 11) is 2.08. The first-order valence-corrected chi connectivity index (χ1v) is 8.08. The quantitative estimate of drug-likeness (QED) is 0.673. The van der Waals surface area contributed by atoms with Crippen LogP contribution in [0.15, 0.2) is 73.1 Å². The van der Waals surface area contributed by atoms with E-state index in [2.05, 4.69) is 29.1 Å². The molecule has 0 aliphatic rings. The van der Waals surface area contributed by atoms with Gasteiger partial charge in [0.15, 0.2) is 0 Å². The smallest absolute Gasteiger partial charge is 0.131 e. The molecule has 1 aromatic heterocycles. The van der Waals surface area contributed by atoms with Gasteiger partial charge in [0.1, 0.15) is 11.5 Å². The molecule has 0 saturated heterocycles. The Balaban J connectivity index is 1.70. The molecule has 4 nitrogen and oxygen atoms in total. The van der Waals surface area contributed by atoms with E-state index in [-0.39, 0.29) is 0 Å². The normalized spacial score (nSPS) is 10.4. The Labute approximate surface area is 147 Å². The molecule has 3 aromatic rings. The predicted octanol–water partition coefficient (Wildman–Crippen LogP) is 4.38. The lowest BCUT2D eigenvalue weighted by atomic mass is 10.1. The third-order valence-corrected chi connectivity index (χ3v) is 3.83. The Morgan fingerprint density at radius 1 is 0.960 bits per heavy atom. The maximum Gasteiger partial charge on any atom is 0.131 e. The van der Waals surface area contributed by atoms with Crippen LogP contribution in [0.2, 0.25) is 0 Å². The van der Waals surface area contributed by atoms with Crippen molar-refractivity contribution in [1.29, 1.82) is 5.26 Å². The van der Waals surface area contributed by atoms with Crippen molar-refractivity contribution in [2.75, 3.05) is 7.05 Å². The van der Waals surface area contributed by atoms with Crippen LogP contribution in [0.1, 0.15) is 16.7 Å². The first-order chi connectivity index (χ1) is 12.2. The van der Waals surface area contributed by atoms with Crippen LogP contribution in [0.4, 0.5) is 0 Å². The minimum atomic E-state index is 0.623. The lowest BCUT2D eigenvalue weighted by molar-refractivity contribution is 0.313. The van der Waals surface area contributed by atoms with E-state index in [1.54, 1.807) is 12.1 Å². The molecule has 124 valence electrons. The third-order valence-electron chi connectivity index (χ3n) is 3.83. The fraction of sp³-hybridized carbons (Fsp3) is 0.143. The molecule has 0 fully saturated rings. The number of benzene rings is 2. The molecule has 0 unspecified atom stereocenters. The van der Waals surface area contributed by atoms with Crippen LogP contribution in [0.3, 0.4) is 0 Å². The van der Waals surface area contributed by atoms with E-state index in [1.807, 2.05) is 54.9 Å². The SMILES string of the molecule is CN(Cc1ccncc1)Cc1ccccc1Oc1ccc(C#N)cc1. The van der Waals surface area contributed by atoms with Crippen molar-refractivity contribution >= 4 is 0 Å². The molecular formula is C21H19N3O. The Hall–Kier alpha value is -3.16. The number of rotatable bonds is 6. The van der Waals surface area contributed by atoms with Gasteiger partial charge in [-0.25, -0.2) is 0 Å². The third kappa shape index (κ3) is 4.66. The summed E-state index contributed by atoms with van der Waals surface area (Å²) in [4.78, 5) is 6.28. The summed E-state index contributed by atoms with van der Waals surface area (Å²) in [5, 5.41) is 8.88. The summed E-state index contributed by atoms with van der Waals surface area (Å²) in [6.45, 7) is 1.61. The van der Waals surface area contributed by atoms with Crippen molar-refractivity contribution < 1.29 is 4.74 Å². The van der Waals surface area contributed by atoms with Gasteiger partial charge in [0.2, 0.25) is 0 Å². The molecule has 0 spiro atoms. The van der Waals surface area contributed by atoms with Gasteiger partial charge in [0.25, 0.3) is 0 Å². The summed E-state index contributed by atoms with van der Waals surface area (Å²) in [6, 6.07) is 21.3. The number of para-hydroxylation sites is 1. The molecule has 2 aromatic carbocycles. The lowest BCUT2D eigenvalue weighted by Crippen LogP contribution is -2.17. The van der Waals surface area contributed by atoms with E-state index in [4.69, 9.17) is 10.00 Å². The van der Waals surface area contributed by atoms with E-state index in [1.165, 1.54) is 5.56 Å². The number of aromatic nitrogens is 1. The topological polar surface area (TPSA) is 49.2 Å². The summed E-state index contributed by atoms with van der Waals surface area (Å²) in [5.74, 6) is 1.55. The second kappa shape index (κ2) is 8.09. The highest BCUT2D eigenvalue weighted by Gasteiger charge is 2.08. The Morgan fingerprint density at radius 2 is 1.68 bits per heavy atom. The monoisotopic (exact) mass is 329 g/mol. The molecule has 0 amide bonds. The number of hydrogen-bond acceptors (Lipinski definition) is 4. The number of nitrogens with zero attached hydrogens (tertiary/aromatic N) is 3. The number of nitriles is 1. The molecule has 3 rings (SSSR count). The van der Waals surface area contributed by atoms with Gasteiger partial charge in [0.05, 0.1) is 11.6 Å². The van der Waals surface area contributed by atoms with Crippen LogP contribution in [0.25, 0.3) is 0 Å². The minimum absolute atomic E-state index is 0.623. The molecule has 0 radical (unpaired) electrons. The fourth-order valence-electron chi connectivity index (χ4n) is 2.61. The summed E-state index contributed by atoms with van der Waals surface area (Å²) in [5.41, 5.74) is 2.96. The summed E-state index contributed by atoms with van der Waals surface area (Å²) < 4.78 is 6.01. The summed E-state index contributed by atoms with van der Waals surface area (Å²) in [6.07, 6.45) is 3.62. The van der Waals surface area contributed by atoms with E-state index in [0.717, 1.165) is 30.2 Å². The molecular weight excluding hydrogens is 310 g/mol. The molecule has 0 aliphatic heterocycles. The van der Waals surface area contributed by atoms with Gasteiger partial charge in [-0.3, -0.25) is 9.88 Å². The zero-order valence-corrected chi connectivity index (χ0v) is 14.1. The van der Waals surface area contributed by atoms with Gasteiger partial charge in [-0.15, -0.1) is 0 Å². The predicted molar refractivity (Wildman–Crippen MR) is 97.1 cm³/mol. The van der Waals surface area contributed by atoms with Crippen LogP contribution >= 0.6 is 0 Å².